The van der Waals surface area contributed by atoms with Gasteiger partial charge in [0.2, 0.25) is 5.91 Å². The number of nitrogens with zero attached hydrogens (tertiary/aromatic N) is 1. The summed E-state index contributed by atoms with van der Waals surface area (Å²) in [4.78, 5) is 14.8. The minimum Gasteiger partial charge on any atom is -0.384 e. The number of piperidine rings is 1. The molecule has 0 spiro atoms. The van der Waals surface area contributed by atoms with Gasteiger partial charge in [-0.2, -0.15) is 0 Å². The largest absolute Gasteiger partial charge is 0.384 e. The highest BCUT2D eigenvalue weighted by Crippen LogP contribution is 2.19. The van der Waals surface area contributed by atoms with Crippen molar-refractivity contribution < 1.29 is 9.53 Å². The zero-order valence-corrected chi connectivity index (χ0v) is 15.0. The third-order valence-corrected chi connectivity index (χ3v) is 4.99. The lowest BCUT2D eigenvalue weighted by Crippen LogP contribution is -2.41. The molecule has 3 rings (SSSR count). The number of likely N-dealkylation sites (tertiary alicyclic amines) is 1. The summed E-state index contributed by atoms with van der Waals surface area (Å²) in [6.45, 7) is 4.67. The molecule has 2 aromatic carbocycles. The Bertz CT molecular complexity index is 694. The number of fused-ring (bicyclic) bond motifs is 1. The van der Waals surface area contributed by atoms with Crippen LogP contribution < -0.4 is 5.32 Å². The van der Waals surface area contributed by atoms with Crippen molar-refractivity contribution in [3.05, 3.63) is 48.0 Å². The number of nitrogens with one attached hydrogen (secondary N) is 1. The Hall–Kier alpha value is -1.91. The fraction of sp³-hybridized carbons (Fsp3) is 0.476. The molecular weight excluding hydrogens is 312 g/mol. The summed E-state index contributed by atoms with van der Waals surface area (Å²) in [5.41, 5.74) is 1.09. The third kappa shape index (κ3) is 5.03. The smallest absolute Gasteiger partial charge is 0.224 e. The van der Waals surface area contributed by atoms with E-state index in [-0.39, 0.29) is 5.91 Å². The average Bonchev–Trinajstić information content (AvgIpc) is 2.63. The van der Waals surface area contributed by atoms with Crippen LogP contribution in [0.3, 0.4) is 0 Å². The fourth-order valence-electron chi connectivity index (χ4n) is 3.76. The van der Waals surface area contributed by atoms with Crippen LogP contribution in [0.5, 0.6) is 0 Å². The van der Waals surface area contributed by atoms with E-state index in [1.54, 1.807) is 7.11 Å². The van der Waals surface area contributed by atoms with Crippen molar-refractivity contribution in [3.8, 4) is 0 Å². The molecule has 1 atom stereocenters. The number of ether oxygens (including phenoxy) is 1. The predicted octanol–water partition coefficient (Wildman–Crippen LogP) is 2.86. The molecule has 4 heteroatoms. The fourth-order valence-corrected chi connectivity index (χ4v) is 3.76. The average molecular weight is 340 g/mol. The number of hydrogen-bond donors (Lipinski definition) is 1. The molecule has 0 aromatic heterocycles. The van der Waals surface area contributed by atoms with Crippen LogP contribution in [-0.2, 0) is 16.0 Å². The van der Waals surface area contributed by atoms with E-state index >= 15 is 0 Å². The third-order valence-electron chi connectivity index (χ3n) is 4.99. The molecule has 0 saturated carbocycles. The predicted molar refractivity (Wildman–Crippen MR) is 102 cm³/mol. The first-order chi connectivity index (χ1) is 12.3. The van der Waals surface area contributed by atoms with Crippen LogP contribution in [0.2, 0.25) is 0 Å². The lowest BCUT2D eigenvalue weighted by atomic mass is 9.99. The summed E-state index contributed by atoms with van der Waals surface area (Å²) < 4.78 is 5.28. The quantitative estimate of drug-likeness (QED) is 0.843. The summed E-state index contributed by atoms with van der Waals surface area (Å²) in [6.07, 6.45) is 2.91. The molecule has 1 fully saturated rings. The molecule has 0 bridgehead atoms. The van der Waals surface area contributed by atoms with Crippen LogP contribution in [0.25, 0.3) is 10.8 Å². The molecule has 1 N–H and O–H groups in total. The van der Waals surface area contributed by atoms with Crippen LogP contribution in [0, 0.1) is 5.92 Å². The standard InChI is InChI=1S/C21H28N2O2/c1-25-16-17-6-5-12-23(15-17)13-11-22-21(24)14-19-9-4-8-18-7-2-3-10-20(18)19/h2-4,7-10,17H,5-6,11-16H2,1H3,(H,22,24). The molecule has 134 valence electrons. The molecule has 1 unspecified atom stereocenters. The maximum atomic E-state index is 12.3. The lowest BCUT2D eigenvalue weighted by molar-refractivity contribution is -0.120. The topological polar surface area (TPSA) is 41.6 Å². The molecule has 0 aliphatic carbocycles. The first-order valence-corrected chi connectivity index (χ1v) is 9.21. The van der Waals surface area contributed by atoms with E-state index in [4.69, 9.17) is 4.74 Å². The Balaban J connectivity index is 1.46. The Morgan fingerprint density at radius 2 is 2.08 bits per heavy atom. The van der Waals surface area contributed by atoms with Crippen molar-refractivity contribution in [2.45, 2.75) is 19.3 Å². The summed E-state index contributed by atoms with van der Waals surface area (Å²) in [5.74, 6) is 0.729. The van der Waals surface area contributed by atoms with Gasteiger partial charge in [0.1, 0.15) is 0 Å². The molecule has 1 heterocycles. The number of amides is 1. The van der Waals surface area contributed by atoms with E-state index in [9.17, 15) is 4.79 Å². The molecule has 1 amide bonds. The highest BCUT2D eigenvalue weighted by Gasteiger charge is 2.19. The van der Waals surface area contributed by atoms with Crippen LogP contribution >= 0.6 is 0 Å². The van der Waals surface area contributed by atoms with Gasteiger partial charge in [-0.05, 0) is 41.6 Å². The SMILES string of the molecule is COCC1CCCN(CCNC(=O)Cc2cccc3ccccc23)C1. The monoisotopic (exact) mass is 340 g/mol. The van der Waals surface area contributed by atoms with Gasteiger partial charge in [-0.15, -0.1) is 0 Å². The number of benzene rings is 2. The lowest BCUT2D eigenvalue weighted by Gasteiger charge is -2.32. The molecule has 4 nitrogen and oxygen atoms in total. The van der Waals surface area contributed by atoms with E-state index < -0.39 is 0 Å². The minimum atomic E-state index is 0.0989. The second kappa shape index (κ2) is 8.97. The van der Waals surface area contributed by atoms with Crippen molar-refractivity contribution in [2.75, 3.05) is 39.9 Å². The Morgan fingerprint density at radius 3 is 2.96 bits per heavy atom. The van der Waals surface area contributed by atoms with Gasteiger partial charge < -0.3 is 15.0 Å². The number of carbonyl (C=O) groups is 1. The number of carbonyl (C=O) groups excluding carboxylic acids is 1. The van der Waals surface area contributed by atoms with Gasteiger partial charge in [-0.1, -0.05) is 42.5 Å². The van der Waals surface area contributed by atoms with Gasteiger partial charge in [-0.3, -0.25) is 4.79 Å². The van der Waals surface area contributed by atoms with Crippen molar-refractivity contribution >= 4 is 16.7 Å². The summed E-state index contributed by atoms with van der Waals surface area (Å²) in [5, 5.41) is 5.43. The Kier molecular flexibility index (Phi) is 6.42. The highest BCUT2D eigenvalue weighted by molar-refractivity contribution is 5.90. The van der Waals surface area contributed by atoms with E-state index in [2.05, 4.69) is 28.4 Å². The van der Waals surface area contributed by atoms with Crippen molar-refractivity contribution in [1.82, 2.24) is 10.2 Å². The molecule has 0 radical (unpaired) electrons. The summed E-state index contributed by atoms with van der Waals surface area (Å²) in [7, 11) is 1.77. The van der Waals surface area contributed by atoms with Gasteiger partial charge >= 0.3 is 0 Å². The van der Waals surface area contributed by atoms with Gasteiger partial charge in [0.15, 0.2) is 0 Å². The van der Waals surface area contributed by atoms with Crippen LogP contribution in [0.15, 0.2) is 42.5 Å². The summed E-state index contributed by atoms with van der Waals surface area (Å²) >= 11 is 0. The van der Waals surface area contributed by atoms with Crippen molar-refractivity contribution in [2.24, 2.45) is 5.92 Å². The van der Waals surface area contributed by atoms with Crippen molar-refractivity contribution in [1.29, 1.82) is 0 Å². The Morgan fingerprint density at radius 1 is 1.24 bits per heavy atom. The molecule has 2 aromatic rings. The zero-order chi connectivity index (χ0) is 17.5. The number of rotatable bonds is 7. The molecule has 1 saturated heterocycles. The minimum absolute atomic E-state index is 0.0989. The van der Waals surface area contributed by atoms with E-state index in [0.29, 0.717) is 18.9 Å². The second-order valence-corrected chi connectivity index (χ2v) is 6.93. The number of methoxy groups -OCH3 is 1. The number of hydrogen-bond acceptors (Lipinski definition) is 3. The maximum absolute atomic E-state index is 12.3. The molecular formula is C21H28N2O2. The van der Waals surface area contributed by atoms with E-state index in [1.165, 1.54) is 23.6 Å². The van der Waals surface area contributed by atoms with Gasteiger partial charge in [-0.25, -0.2) is 0 Å². The summed E-state index contributed by atoms with van der Waals surface area (Å²) in [6, 6.07) is 14.4. The van der Waals surface area contributed by atoms with Gasteiger partial charge in [0.05, 0.1) is 13.0 Å². The van der Waals surface area contributed by atoms with Gasteiger partial charge in [0.25, 0.3) is 0 Å². The molecule has 1 aliphatic rings. The first-order valence-electron chi connectivity index (χ1n) is 9.21. The molecule has 25 heavy (non-hydrogen) atoms. The normalized spacial score (nSPS) is 18.4. The first kappa shape index (κ1) is 17.9. The van der Waals surface area contributed by atoms with Crippen LogP contribution in [-0.4, -0.2) is 50.7 Å². The van der Waals surface area contributed by atoms with Crippen molar-refractivity contribution in [3.63, 3.8) is 0 Å². The zero-order valence-electron chi connectivity index (χ0n) is 15.0. The second-order valence-electron chi connectivity index (χ2n) is 6.93. The van der Waals surface area contributed by atoms with Crippen LogP contribution in [0.4, 0.5) is 0 Å². The molecule has 1 aliphatic heterocycles. The van der Waals surface area contributed by atoms with Gasteiger partial charge in [0, 0.05) is 26.7 Å². The highest BCUT2D eigenvalue weighted by atomic mass is 16.5. The Labute approximate surface area is 150 Å². The maximum Gasteiger partial charge on any atom is 0.224 e. The van der Waals surface area contributed by atoms with E-state index in [0.717, 1.165) is 31.8 Å². The van der Waals surface area contributed by atoms with E-state index in [1.807, 2.05) is 24.3 Å². The van der Waals surface area contributed by atoms with Crippen LogP contribution in [0.1, 0.15) is 18.4 Å².